The van der Waals surface area contributed by atoms with Crippen molar-refractivity contribution in [3.05, 3.63) is 59.9 Å². The zero-order valence-electron chi connectivity index (χ0n) is 16.7. The molecule has 0 fully saturated rings. The van der Waals surface area contributed by atoms with Gasteiger partial charge < -0.3 is 14.4 Å². The molecule has 0 aliphatic heterocycles. The molecule has 0 spiro atoms. The van der Waals surface area contributed by atoms with Gasteiger partial charge in [-0.15, -0.1) is 0 Å². The van der Waals surface area contributed by atoms with E-state index >= 15 is 0 Å². The third-order valence-electron chi connectivity index (χ3n) is 5.12. The van der Waals surface area contributed by atoms with Crippen molar-refractivity contribution in [1.29, 1.82) is 0 Å². The lowest BCUT2D eigenvalue weighted by Gasteiger charge is -2.18. The molecule has 1 aromatic heterocycles. The molecule has 2 unspecified atom stereocenters. The van der Waals surface area contributed by atoms with Crippen LogP contribution in [0.2, 0.25) is 0 Å². The number of rotatable bonds is 8. The van der Waals surface area contributed by atoms with Crippen LogP contribution >= 0.6 is 0 Å². The second kappa shape index (κ2) is 8.57. The number of benzene rings is 2. The standard InChI is InChI=1S/C23H30N2O2/c1-5-17(4)23-24-21-8-6-7-9-22(21)25(23)14-19(26)15-27-20-12-10-18(11-13-20)16(2)3/h6-13,16-17,19,26H,5,14-15H2,1-4H3. The van der Waals surface area contributed by atoms with Gasteiger partial charge in [-0.2, -0.15) is 0 Å². The molecule has 1 heterocycles. The van der Waals surface area contributed by atoms with Gasteiger partial charge in [-0.25, -0.2) is 4.98 Å². The Hall–Kier alpha value is -2.33. The van der Waals surface area contributed by atoms with Gasteiger partial charge in [0.15, 0.2) is 0 Å². The Bertz CT molecular complexity index is 868. The summed E-state index contributed by atoms with van der Waals surface area (Å²) in [5.41, 5.74) is 3.32. The molecule has 3 aromatic rings. The predicted molar refractivity (Wildman–Crippen MR) is 110 cm³/mol. The molecule has 0 aliphatic rings. The van der Waals surface area contributed by atoms with Gasteiger partial charge in [-0.05, 0) is 42.2 Å². The highest BCUT2D eigenvalue weighted by atomic mass is 16.5. The molecule has 0 bridgehead atoms. The first-order chi connectivity index (χ1) is 13.0. The highest BCUT2D eigenvalue weighted by Crippen LogP contribution is 2.24. The van der Waals surface area contributed by atoms with Crippen LogP contribution in [0.15, 0.2) is 48.5 Å². The molecule has 144 valence electrons. The highest BCUT2D eigenvalue weighted by Gasteiger charge is 2.18. The van der Waals surface area contributed by atoms with E-state index in [9.17, 15) is 5.11 Å². The van der Waals surface area contributed by atoms with Gasteiger partial charge in [0.25, 0.3) is 0 Å². The van der Waals surface area contributed by atoms with Crippen LogP contribution < -0.4 is 4.74 Å². The molecule has 0 saturated heterocycles. The van der Waals surface area contributed by atoms with Crippen molar-refractivity contribution < 1.29 is 9.84 Å². The van der Waals surface area contributed by atoms with E-state index in [0.29, 0.717) is 18.4 Å². The molecule has 4 heteroatoms. The number of fused-ring (bicyclic) bond motifs is 1. The number of nitrogens with zero attached hydrogens (tertiary/aromatic N) is 2. The minimum atomic E-state index is -0.602. The number of aromatic nitrogens is 2. The van der Waals surface area contributed by atoms with Crippen molar-refractivity contribution in [2.45, 2.75) is 58.6 Å². The smallest absolute Gasteiger partial charge is 0.119 e. The Balaban J connectivity index is 1.71. The number of hydrogen-bond acceptors (Lipinski definition) is 3. The number of imidazole rings is 1. The fourth-order valence-corrected chi connectivity index (χ4v) is 3.25. The highest BCUT2D eigenvalue weighted by molar-refractivity contribution is 5.76. The average Bonchev–Trinajstić information content (AvgIpc) is 3.04. The van der Waals surface area contributed by atoms with E-state index in [1.165, 1.54) is 5.56 Å². The summed E-state index contributed by atoms with van der Waals surface area (Å²) in [4.78, 5) is 4.79. The minimum Gasteiger partial charge on any atom is -0.491 e. The molecule has 0 saturated carbocycles. The van der Waals surface area contributed by atoms with Crippen molar-refractivity contribution in [3.63, 3.8) is 0 Å². The Kier molecular flexibility index (Phi) is 6.17. The number of aliphatic hydroxyl groups is 1. The van der Waals surface area contributed by atoms with Gasteiger partial charge in [-0.3, -0.25) is 0 Å². The average molecular weight is 367 g/mol. The summed E-state index contributed by atoms with van der Waals surface area (Å²) in [7, 11) is 0. The van der Waals surface area contributed by atoms with Crippen LogP contribution in [0.25, 0.3) is 11.0 Å². The van der Waals surface area contributed by atoms with Crippen LogP contribution in [-0.4, -0.2) is 27.4 Å². The summed E-state index contributed by atoms with van der Waals surface area (Å²) in [6.45, 7) is 9.41. The monoisotopic (exact) mass is 366 g/mol. The van der Waals surface area contributed by atoms with Crippen molar-refractivity contribution in [1.82, 2.24) is 9.55 Å². The van der Waals surface area contributed by atoms with E-state index in [-0.39, 0.29) is 6.61 Å². The molecule has 0 aliphatic carbocycles. The van der Waals surface area contributed by atoms with Gasteiger partial charge >= 0.3 is 0 Å². The zero-order valence-corrected chi connectivity index (χ0v) is 16.7. The van der Waals surface area contributed by atoms with Crippen LogP contribution in [0.4, 0.5) is 0 Å². The van der Waals surface area contributed by atoms with Gasteiger partial charge in [0.2, 0.25) is 0 Å². The lowest BCUT2D eigenvalue weighted by Crippen LogP contribution is -2.25. The lowest BCUT2D eigenvalue weighted by molar-refractivity contribution is 0.0924. The van der Waals surface area contributed by atoms with Crippen molar-refractivity contribution in [2.24, 2.45) is 0 Å². The summed E-state index contributed by atoms with van der Waals surface area (Å²) in [6.07, 6.45) is 0.410. The quantitative estimate of drug-likeness (QED) is 0.602. The summed E-state index contributed by atoms with van der Waals surface area (Å²) in [5.74, 6) is 2.65. The fourth-order valence-electron chi connectivity index (χ4n) is 3.25. The first kappa shape index (κ1) is 19.4. The second-order valence-corrected chi connectivity index (χ2v) is 7.57. The maximum absolute atomic E-state index is 10.6. The van der Waals surface area contributed by atoms with E-state index in [0.717, 1.165) is 29.0 Å². The molecule has 2 atom stereocenters. The number of para-hydroxylation sites is 2. The van der Waals surface area contributed by atoms with Crippen molar-refractivity contribution in [2.75, 3.05) is 6.61 Å². The topological polar surface area (TPSA) is 47.3 Å². The Morgan fingerprint density at radius 2 is 1.74 bits per heavy atom. The summed E-state index contributed by atoms with van der Waals surface area (Å²) >= 11 is 0. The number of aliphatic hydroxyl groups excluding tert-OH is 1. The van der Waals surface area contributed by atoms with Gasteiger partial charge in [0.1, 0.15) is 24.3 Å². The molecule has 2 aromatic carbocycles. The molecule has 1 N–H and O–H groups in total. The maximum atomic E-state index is 10.6. The maximum Gasteiger partial charge on any atom is 0.119 e. The largest absolute Gasteiger partial charge is 0.491 e. The van der Waals surface area contributed by atoms with E-state index < -0.39 is 6.10 Å². The molecule has 0 amide bonds. The van der Waals surface area contributed by atoms with Crippen LogP contribution in [0.3, 0.4) is 0 Å². The third kappa shape index (κ3) is 4.51. The van der Waals surface area contributed by atoms with E-state index in [1.54, 1.807) is 0 Å². The zero-order chi connectivity index (χ0) is 19.4. The number of hydrogen-bond donors (Lipinski definition) is 1. The Morgan fingerprint density at radius 1 is 1.04 bits per heavy atom. The van der Waals surface area contributed by atoms with Crippen molar-refractivity contribution >= 4 is 11.0 Å². The van der Waals surface area contributed by atoms with Crippen LogP contribution in [0.5, 0.6) is 5.75 Å². The molecule has 3 rings (SSSR count). The first-order valence-electron chi connectivity index (χ1n) is 9.85. The molecule has 0 radical (unpaired) electrons. The normalized spacial score (nSPS) is 13.9. The first-order valence-corrected chi connectivity index (χ1v) is 9.85. The van der Waals surface area contributed by atoms with Gasteiger partial charge in [0.05, 0.1) is 17.6 Å². The third-order valence-corrected chi connectivity index (χ3v) is 5.12. The van der Waals surface area contributed by atoms with Gasteiger partial charge in [-0.1, -0.05) is 52.0 Å². The molecule has 4 nitrogen and oxygen atoms in total. The molecule has 27 heavy (non-hydrogen) atoms. The van der Waals surface area contributed by atoms with Crippen molar-refractivity contribution in [3.8, 4) is 5.75 Å². The molecular weight excluding hydrogens is 336 g/mol. The van der Waals surface area contributed by atoms with Crippen LogP contribution in [0, 0.1) is 0 Å². The predicted octanol–water partition coefficient (Wildman–Crippen LogP) is 5.11. The van der Waals surface area contributed by atoms with E-state index in [1.807, 2.05) is 30.3 Å². The van der Waals surface area contributed by atoms with Crippen LogP contribution in [-0.2, 0) is 6.54 Å². The van der Waals surface area contributed by atoms with Gasteiger partial charge in [0, 0.05) is 5.92 Å². The fraction of sp³-hybridized carbons (Fsp3) is 0.435. The second-order valence-electron chi connectivity index (χ2n) is 7.57. The molecular formula is C23H30N2O2. The lowest BCUT2D eigenvalue weighted by atomic mass is 10.0. The number of ether oxygens (including phenoxy) is 1. The van der Waals surface area contributed by atoms with Crippen LogP contribution in [0.1, 0.15) is 57.3 Å². The SMILES string of the molecule is CCC(C)c1nc2ccccc2n1CC(O)COc1ccc(C(C)C)cc1. The Morgan fingerprint density at radius 3 is 2.41 bits per heavy atom. The summed E-state index contributed by atoms with van der Waals surface area (Å²) in [5, 5.41) is 10.6. The Labute approximate surface area is 161 Å². The van der Waals surface area contributed by atoms with E-state index in [2.05, 4.69) is 50.5 Å². The summed E-state index contributed by atoms with van der Waals surface area (Å²) in [6, 6.07) is 16.2. The minimum absolute atomic E-state index is 0.257. The van der Waals surface area contributed by atoms with E-state index in [4.69, 9.17) is 9.72 Å². The summed E-state index contributed by atoms with van der Waals surface area (Å²) < 4.78 is 7.94.